The molecule has 1 atom stereocenters. The second-order valence-electron chi connectivity index (χ2n) is 6.99. The summed E-state index contributed by atoms with van der Waals surface area (Å²) in [5.74, 6) is -0.137. The van der Waals surface area contributed by atoms with Crippen LogP contribution in [0.5, 0.6) is 0 Å². The molecule has 152 valence electrons. The van der Waals surface area contributed by atoms with Crippen LogP contribution in [0, 0.1) is 6.92 Å². The molecule has 8 heteroatoms. The van der Waals surface area contributed by atoms with Crippen molar-refractivity contribution in [3.8, 4) is 5.69 Å². The second-order valence-corrected chi connectivity index (χ2v) is 6.99. The molecule has 3 aromatic heterocycles. The molecule has 0 aliphatic rings. The van der Waals surface area contributed by atoms with Crippen LogP contribution >= 0.6 is 0 Å². The largest absolute Gasteiger partial charge is 0.444 e. The monoisotopic (exact) mass is 404 g/mol. The minimum Gasteiger partial charge on any atom is -0.444 e. The van der Waals surface area contributed by atoms with Crippen molar-refractivity contribution in [2.24, 2.45) is 0 Å². The molecule has 3 heterocycles. The Balaban J connectivity index is 1.87. The summed E-state index contributed by atoms with van der Waals surface area (Å²) in [5.41, 5.74) is -0.0224. The minimum atomic E-state index is -0.637. The van der Waals surface area contributed by atoms with E-state index in [0.29, 0.717) is 11.4 Å². The van der Waals surface area contributed by atoms with Gasteiger partial charge in [-0.2, -0.15) is 0 Å². The molecular weight excluding hydrogens is 384 g/mol. The van der Waals surface area contributed by atoms with Crippen molar-refractivity contribution in [3.05, 3.63) is 92.6 Å². The molecule has 1 aromatic carbocycles. The van der Waals surface area contributed by atoms with Gasteiger partial charge in [0.05, 0.1) is 23.0 Å². The molecule has 1 N–H and O–H groups in total. The fourth-order valence-corrected chi connectivity index (χ4v) is 3.44. The lowest BCUT2D eigenvalue weighted by molar-refractivity contribution is 0.0739. The summed E-state index contributed by atoms with van der Waals surface area (Å²) in [6, 6.07) is 13.7. The smallest absolute Gasteiger partial charge is 0.335 e. The molecule has 1 unspecified atom stereocenters. The summed E-state index contributed by atoms with van der Waals surface area (Å²) < 4.78 is 6.57. The predicted molar refractivity (Wildman–Crippen MR) is 112 cm³/mol. The van der Waals surface area contributed by atoms with Crippen LogP contribution in [-0.2, 0) is 0 Å². The number of H-pyrrole nitrogens is 1. The number of nitrogens with zero attached hydrogens (tertiary/aromatic N) is 3. The van der Waals surface area contributed by atoms with Crippen LogP contribution in [0.4, 0.5) is 0 Å². The van der Waals surface area contributed by atoms with Gasteiger partial charge in [0.1, 0.15) is 11.1 Å². The van der Waals surface area contributed by atoms with Crippen molar-refractivity contribution >= 4 is 17.0 Å². The number of hydrogen-bond acceptors (Lipinski definition) is 5. The lowest BCUT2D eigenvalue weighted by atomic mass is 10.1. The van der Waals surface area contributed by atoms with Crippen LogP contribution in [0.2, 0.25) is 0 Å². The molecular formula is C22H20N4O4. The summed E-state index contributed by atoms with van der Waals surface area (Å²) >= 11 is 0. The molecule has 4 rings (SSSR count). The zero-order valence-electron chi connectivity index (χ0n) is 16.7. The van der Waals surface area contributed by atoms with Crippen LogP contribution in [0.25, 0.3) is 16.8 Å². The Hall–Kier alpha value is -3.94. The number of fused-ring (bicyclic) bond motifs is 1. The number of aromatic nitrogens is 3. The van der Waals surface area contributed by atoms with E-state index in [1.165, 1.54) is 4.90 Å². The van der Waals surface area contributed by atoms with E-state index in [1.807, 2.05) is 19.1 Å². The van der Waals surface area contributed by atoms with Gasteiger partial charge in [-0.3, -0.25) is 19.6 Å². The number of para-hydroxylation sites is 1. The number of carbonyl (C=O) groups is 1. The summed E-state index contributed by atoms with van der Waals surface area (Å²) in [4.78, 5) is 47.5. The van der Waals surface area contributed by atoms with E-state index in [2.05, 4.69) is 9.97 Å². The molecule has 0 aliphatic heterocycles. The highest BCUT2D eigenvalue weighted by Gasteiger charge is 2.28. The van der Waals surface area contributed by atoms with E-state index in [1.54, 1.807) is 56.6 Å². The number of aromatic amines is 1. The van der Waals surface area contributed by atoms with Crippen LogP contribution in [0.1, 0.15) is 34.8 Å². The van der Waals surface area contributed by atoms with Crippen molar-refractivity contribution in [2.75, 3.05) is 7.05 Å². The number of nitrogens with one attached hydrogen (secondary N) is 1. The van der Waals surface area contributed by atoms with Gasteiger partial charge in [-0.15, -0.1) is 0 Å². The molecule has 0 radical (unpaired) electrons. The van der Waals surface area contributed by atoms with Crippen molar-refractivity contribution < 1.29 is 9.21 Å². The molecule has 1 amide bonds. The molecule has 8 nitrogen and oxygen atoms in total. The number of pyridine rings is 1. The molecule has 0 bridgehead atoms. The van der Waals surface area contributed by atoms with E-state index < -0.39 is 17.2 Å². The SMILES string of the molecule is Cc1oc2[nH]c(=O)n(-c3ccccc3)c(=O)c2c1C(=O)N(C)C(C)c1ccccn1. The van der Waals surface area contributed by atoms with Gasteiger partial charge >= 0.3 is 5.69 Å². The third-order valence-corrected chi connectivity index (χ3v) is 5.17. The first-order chi connectivity index (χ1) is 14.4. The highest BCUT2D eigenvalue weighted by atomic mass is 16.3. The van der Waals surface area contributed by atoms with Gasteiger partial charge in [-0.05, 0) is 38.1 Å². The number of aryl methyl sites for hydroxylation is 1. The highest BCUT2D eigenvalue weighted by molar-refractivity contribution is 6.06. The van der Waals surface area contributed by atoms with Crippen LogP contribution in [0.15, 0.2) is 68.7 Å². The zero-order valence-corrected chi connectivity index (χ0v) is 16.7. The van der Waals surface area contributed by atoms with Gasteiger partial charge in [-0.25, -0.2) is 9.36 Å². The normalized spacial score (nSPS) is 12.1. The number of rotatable bonds is 4. The minimum absolute atomic E-state index is 0.0167. The van der Waals surface area contributed by atoms with Crippen LogP contribution in [-0.4, -0.2) is 32.4 Å². The third kappa shape index (κ3) is 3.12. The van der Waals surface area contributed by atoms with Gasteiger partial charge in [0, 0.05) is 13.2 Å². The van der Waals surface area contributed by atoms with E-state index >= 15 is 0 Å². The average molecular weight is 404 g/mol. The summed E-state index contributed by atoms with van der Waals surface area (Å²) in [6.45, 7) is 3.44. The van der Waals surface area contributed by atoms with Crippen molar-refractivity contribution in [1.29, 1.82) is 0 Å². The van der Waals surface area contributed by atoms with E-state index in [4.69, 9.17) is 4.42 Å². The Morgan fingerprint density at radius 3 is 2.50 bits per heavy atom. The van der Waals surface area contributed by atoms with Gasteiger partial charge in [0.2, 0.25) is 5.71 Å². The van der Waals surface area contributed by atoms with Gasteiger partial charge < -0.3 is 9.32 Å². The third-order valence-electron chi connectivity index (χ3n) is 5.17. The molecule has 4 aromatic rings. The Morgan fingerprint density at radius 2 is 1.83 bits per heavy atom. The maximum atomic E-state index is 13.3. The first-order valence-electron chi connectivity index (χ1n) is 9.42. The Bertz CT molecular complexity index is 1340. The van der Waals surface area contributed by atoms with Gasteiger partial charge in [-0.1, -0.05) is 24.3 Å². The lowest BCUT2D eigenvalue weighted by Gasteiger charge is -2.24. The number of carbonyl (C=O) groups excluding carboxylic acids is 1. The molecule has 0 aliphatic carbocycles. The number of benzene rings is 1. The fraction of sp³-hybridized carbons (Fsp3) is 0.182. The van der Waals surface area contributed by atoms with Gasteiger partial charge in [0.25, 0.3) is 11.5 Å². The maximum absolute atomic E-state index is 13.3. The van der Waals surface area contributed by atoms with Crippen molar-refractivity contribution in [3.63, 3.8) is 0 Å². The summed E-state index contributed by atoms with van der Waals surface area (Å²) in [6.07, 6.45) is 1.66. The van der Waals surface area contributed by atoms with Crippen molar-refractivity contribution in [2.45, 2.75) is 19.9 Å². The molecule has 0 saturated heterocycles. The highest BCUT2D eigenvalue weighted by Crippen LogP contribution is 2.25. The Morgan fingerprint density at radius 1 is 1.13 bits per heavy atom. The first kappa shape index (κ1) is 19.4. The van der Waals surface area contributed by atoms with Gasteiger partial charge in [0.15, 0.2) is 0 Å². The van der Waals surface area contributed by atoms with E-state index in [9.17, 15) is 14.4 Å². The van der Waals surface area contributed by atoms with Crippen LogP contribution < -0.4 is 11.2 Å². The zero-order chi connectivity index (χ0) is 21.4. The predicted octanol–water partition coefficient (Wildman–Crippen LogP) is 2.81. The lowest BCUT2D eigenvalue weighted by Crippen LogP contribution is -2.35. The summed E-state index contributed by atoms with van der Waals surface area (Å²) in [7, 11) is 1.64. The molecule has 30 heavy (non-hydrogen) atoms. The second kappa shape index (κ2) is 7.47. The average Bonchev–Trinajstić information content (AvgIpc) is 3.09. The van der Waals surface area contributed by atoms with Crippen molar-refractivity contribution in [1.82, 2.24) is 19.4 Å². The number of amides is 1. The maximum Gasteiger partial charge on any atom is 0.335 e. The van der Waals surface area contributed by atoms with Crippen LogP contribution in [0.3, 0.4) is 0 Å². The molecule has 0 spiro atoms. The molecule has 0 saturated carbocycles. The van der Waals surface area contributed by atoms with E-state index in [0.717, 1.165) is 4.57 Å². The standard InChI is InChI=1S/C22H20N4O4/c1-13(16-11-7-8-12-23-16)25(3)20(27)17-14(2)30-19-18(17)21(28)26(22(29)24-19)15-9-5-4-6-10-15/h4-13H,1-3H3,(H,24,29). The Labute approximate surface area is 171 Å². The first-order valence-corrected chi connectivity index (χ1v) is 9.42. The number of hydrogen-bond donors (Lipinski definition) is 1. The molecule has 0 fully saturated rings. The topological polar surface area (TPSA) is 101 Å². The fourth-order valence-electron chi connectivity index (χ4n) is 3.44. The quantitative estimate of drug-likeness (QED) is 0.564. The van der Waals surface area contributed by atoms with E-state index in [-0.39, 0.29) is 28.5 Å². The Kier molecular flexibility index (Phi) is 4.83. The summed E-state index contributed by atoms with van der Waals surface area (Å²) in [5, 5.41) is 0.0426. The number of furan rings is 1.